The number of nitrogens with zero attached hydrogens (tertiary/aromatic N) is 5. The van der Waals surface area contributed by atoms with E-state index in [0.29, 0.717) is 34.4 Å². The van der Waals surface area contributed by atoms with Crippen LogP contribution < -0.4 is 5.56 Å². The van der Waals surface area contributed by atoms with Crippen LogP contribution in [0.2, 0.25) is 0 Å². The lowest BCUT2D eigenvalue weighted by molar-refractivity contribution is 0.380. The van der Waals surface area contributed by atoms with Gasteiger partial charge in [-0.15, -0.1) is 0 Å². The molecule has 0 amide bonds. The van der Waals surface area contributed by atoms with Crippen LogP contribution in [-0.2, 0) is 7.05 Å². The molecule has 3 aromatic heterocycles. The molecule has 7 nitrogen and oxygen atoms in total. The third-order valence-electron chi connectivity index (χ3n) is 4.41. The molecule has 0 aliphatic heterocycles. The molecule has 1 saturated carbocycles. The van der Waals surface area contributed by atoms with E-state index in [-0.39, 0.29) is 5.56 Å². The minimum absolute atomic E-state index is 0.0994. The van der Waals surface area contributed by atoms with E-state index in [4.69, 9.17) is 4.52 Å². The molecule has 1 fully saturated rings. The van der Waals surface area contributed by atoms with Crippen LogP contribution in [0.15, 0.2) is 38.3 Å². The van der Waals surface area contributed by atoms with E-state index in [2.05, 4.69) is 31.1 Å². The lowest BCUT2D eigenvalue weighted by Crippen LogP contribution is -2.20. The first kappa shape index (κ1) is 13.9. The predicted octanol–water partition coefficient (Wildman–Crippen LogP) is 2.88. The maximum Gasteiger partial charge on any atom is 0.262 e. The minimum atomic E-state index is -0.0994. The van der Waals surface area contributed by atoms with Crippen LogP contribution in [0.5, 0.6) is 0 Å². The number of aryl methyl sites for hydroxylation is 1. The summed E-state index contributed by atoms with van der Waals surface area (Å²) in [5, 5.41) is 4.67. The lowest BCUT2D eigenvalue weighted by Gasteiger charge is -2.08. The highest BCUT2D eigenvalue weighted by atomic mass is 79.9. The first-order chi connectivity index (χ1) is 11.6. The molecule has 1 aliphatic rings. The van der Waals surface area contributed by atoms with E-state index in [1.54, 1.807) is 17.9 Å². The van der Waals surface area contributed by atoms with Gasteiger partial charge in [-0.2, -0.15) is 4.98 Å². The van der Waals surface area contributed by atoms with Crippen LogP contribution in [0.3, 0.4) is 0 Å². The Labute approximate surface area is 144 Å². The van der Waals surface area contributed by atoms with Gasteiger partial charge in [-0.05, 0) is 40.9 Å². The summed E-state index contributed by atoms with van der Waals surface area (Å²) in [6.07, 6.45) is 3.86. The van der Waals surface area contributed by atoms with Gasteiger partial charge in [0.15, 0.2) is 11.3 Å². The van der Waals surface area contributed by atoms with Gasteiger partial charge in [0, 0.05) is 17.4 Å². The number of rotatable bonds is 2. The van der Waals surface area contributed by atoms with Crippen LogP contribution in [-0.4, -0.2) is 24.1 Å². The van der Waals surface area contributed by atoms with Crippen molar-refractivity contribution in [2.75, 3.05) is 0 Å². The molecule has 0 N–H and O–H groups in total. The summed E-state index contributed by atoms with van der Waals surface area (Å²) in [6, 6.07) is 5.64. The Hall–Kier alpha value is -2.48. The third kappa shape index (κ3) is 1.83. The summed E-state index contributed by atoms with van der Waals surface area (Å²) < 4.78 is 9.54. The normalized spacial score (nSPS) is 14.8. The van der Waals surface area contributed by atoms with Crippen molar-refractivity contribution in [3.63, 3.8) is 0 Å². The SMILES string of the molecule is Cn1c(=O)c2c(Br)cccc2n2cnc(-c3noc(C4CC4)n3)c12. The molecule has 8 heteroatoms. The predicted molar refractivity (Wildman–Crippen MR) is 90.9 cm³/mol. The second-order valence-corrected chi connectivity index (χ2v) is 6.87. The van der Waals surface area contributed by atoms with E-state index in [9.17, 15) is 4.79 Å². The van der Waals surface area contributed by atoms with E-state index >= 15 is 0 Å². The smallest absolute Gasteiger partial charge is 0.262 e. The van der Waals surface area contributed by atoms with Gasteiger partial charge in [0.05, 0.1) is 10.9 Å². The first-order valence-electron chi connectivity index (χ1n) is 7.63. The maximum atomic E-state index is 12.8. The van der Waals surface area contributed by atoms with Crippen molar-refractivity contribution < 1.29 is 4.52 Å². The molecule has 5 rings (SSSR count). The van der Waals surface area contributed by atoms with Crippen molar-refractivity contribution in [2.24, 2.45) is 7.05 Å². The highest BCUT2D eigenvalue weighted by Crippen LogP contribution is 2.39. The molecule has 0 bridgehead atoms. The molecule has 120 valence electrons. The van der Waals surface area contributed by atoms with Gasteiger partial charge in [0.25, 0.3) is 5.56 Å². The summed E-state index contributed by atoms with van der Waals surface area (Å²) in [6.45, 7) is 0. The van der Waals surface area contributed by atoms with E-state index in [1.165, 1.54) is 0 Å². The molecule has 0 spiro atoms. The highest BCUT2D eigenvalue weighted by molar-refractivity contribution is 9.10. The Morgan fingerprint density at radius 1 is 1.33 bits per heavy atom. The standard InChI is InChI=1S/C16H12BrN5O2/c1-21-15-12(13-19-14(24-20-13)8-5-6-8)18-7-22(15)10-4-2-3-9(17)11(10)16(21)23/h2-4,7-8H,5-6H2,1H3. The number of fused-ring (bicyclic) bond motifs is 3. The molecule has 0 unspecified atom stereocenters. The van der Waals surface area contributed by atoms with E-state index in [0.717, 1.165) is 22.8 Å². The largest absolute Gasteiger partial charge is 0.339 e. The quantitative estimate of drug-likeness (QED) is 0.530. The van der Waals surface area contributed by atoms with Crippen molar-refractivity contribution in [3.8, 4) is 11.5 Å². The summed E-state index contributed by atoms with van der Waals surface area (Å²) in [5.74, 6) is 1.45. The second-order valence-electron chi connectivity index (χ2n) is 6.02. The van der Waals surface area contributed by atoms with Crippen molar-refractivity contribution in [2.45, 2.75) is 18.8 Å². The van der Waals surface area contributed by atoms with Crippen LogP contribution >= 0.6 is 15.9 Å². The summed E-state index contributed by atoms with van der Waals surface area (Å²) >= 11 is 3.46. The molecule has 3 heterocycles. The van der Waals surface area contributed by atoms with Gasteiger partial charge in [-0.3, -0.25) is 13.8 Å². The number of imidazole rings is 1. The average molecular weight is 386 g/mol. The summed E-state index contributed by atoms with van der Waals surface area (Å²) in [4.78, 5) is 21.7. The number of hydrogen-bond donors (Lipinski definition) is 0. The van der Waals surface area contributed by atoms with Crippen LogP contribution in [0.25, 0.3) is 28.1 Å². The molecule has 4 aromatic rings. The number of hydrogen-bond acceptors (Lipinski definition) is 5. The van der Waals surface area contributed by atoms with Gasteiger partial charge in [-0.1, -0.05) is 11.2 Å². The number of halogens is 1. The molecule has 0 atom stereocenters. The molecule has 24 heavy (non-hydrogen) atoms. The monoisotopic (exact) mass is 385 g/mol. The Morgan fingerprint density at radius 3 is 2.96 bits per heavy atom. The Balaban J connectivity index is 1.85. The summed E-state index contributed by atoms with van der Waals surface area (Å²) in [7, 11) is 1.73. The fraction of sp³-hybridized carbons (Fsp3) is 0.250. The van der Waals surface area contributed by atoms with Gasteiger partial charge in [-0.25, -0.2) is 4.98 Å². The number of benzene rings is 1. The topological polar surface area (TPSA) is 78.2 Å². The lowest BCUT2D eigenvalue weighted by atomic mass is 10.2. The van der Waals surface area contributed by atoms with Crippen molar-refractivity contribution >= 4 is 32.5 Å². The average Bonchev–Trinajstić information content (AvgIpc) is 3.14. The molecule has 1 aliphatic carbocycles. The van der Waals surface area contributed by atoms with Crippen molar-refractivity contribution in [1.29, 1.82) is 0 Å². The zero-order chi connectivity index (χ0) is 16.4. The fourth-order valence-corrected chi connectivity index (χ4v) is 3.54. The highest BCUT2D eigenvalue weighted by Gasteiger charge is 2.30. The zero-order valence-electron chi connectivity index (χ0n) is 12.7. The first-order valence-corrected chi connectivity index (χ1v) is 8.42. The maximum absolute atomic E-state index is 12.8. The van der Waals surface area contributed by atoms with Crippen LogP contribution in [0.1, 0.15) is 24.7 Å². The minimum Gasteiger partial charge on any atom is -0.339 e. The van der Waals surface area contributed by atoms with Crippen molar-refractivity contribution in [1.82, 2.24) is 24.1 Å². The second kappa shape index (κ2) is 4.76. The molecule has 1 aromatic carbocycles. The zero-order valence-corrected chi connectivity index (χ0v) is 14.3. The summed E-state index contributed by atoms with van der Waals surface area (Å²) in [5.41, 5.74) is 1.88. The number of aromatic nitrogens is 5. The third-order valence-corrected chi connectivity index (χ3v) is 5.07. The molecule has 0 radical (unpaired) electrons. The molecular weight excluding hydrogens is 374 g/mol. The Kier molecular flexibility index (Phi) is 2.76. The van der Waals surface area contributed by atoms with Crippen molar-refractivity contribution in [3.05, 3.63) is 45.2 Å². The molecule has 0 saturated heterocycles. The Bertz CT molecular complexity index is 1170. The van der Waals surface area contributed by atoms with Gasteiger partial charge in [0.1, 0.15) is 6.33 Å². The Morgan fingerprint density at radius 2 is 2.17 bits per heavy atom. The molecular formula is C16H12BrN5O2. The van der Waals surface area contributed by atoms with Crippen LogP contribution in [0, 0.1) is 0 Å². The van der Waals surface area contributed by atoms with Gasteiger partial charge < -0.3 is 4.52 Å². The van der Waals surface area contributed by atoms with Crippen LogP contribution in [0.4, 0.5) is 0 Å². The van der Waals surface area contributed by atoms with Gasteiger partial charge in [0.2, 0.25) is 11.7 Å². The van der Waals surface area contributed by atoms with E-state index < -0.39 is 0 Å². The fourth-order valence-electron chi connectivity index (χ4n) is 3.01. The van der Waals surface area contributed by atoms with Gasteiger partial charge >= 0.3 is 0 Å². The van der Waals surface area contributed by atoms with E-state index in [1.807, 2.05) is 22.6 Å².